The van der Waals surface area contributed by atoms with E-state index in [0.29, 0.717) is 24.7 Å². The van der Waals surface area contributed by atoms with Crippen LogP contribution >= 0.6 is 23.2 Å². The number of hydrogen-bond acceptors (Lipinski definition) is 4. The lowest BCUT2D eigenvalue weighted by atomic mass is 10.1. The third-order valence-electron chi connectivity index (χ3n) is 2.50. The Morgan fingerprint density at radius 1 is 1.32 bits per heavy atom. The molecule has 0 N–H and O–H groups in total. The Bertz CT molecular complexity index is 541. The van der Waals surface area contributed by atoms with E-state index in [1.54, 1.807) is 17.2 Å². The van der Waals surface area contributed by atoms with Crippen LogP contribution in [-0.4, -0.2) is 38.0 Å². The van der Waals surface area contributed by atoms with Gasteiger partial charge in [0.05, 0.1) is 15.6 Å². The normalized spacial score (nSPS) is 13.7. The first-order valence-corrected chi connectivity index (χ1v) is 6.43. The van der Waals surface area contributed by atoms with Crippen LogP contribution in [0.5, 0.6) is 11.5 Å². The maximum atomic E-state index is 12.2. The average Bonchev–Trinajstić information content (AvgIpc) is 2.37. The van der Waals surface area contributed by atoms with Gasteiger partial charge < -0.3 is 14.4 Å². The second-order valence-corrected chi connectivity index (χ2v) is 5.00. The molecule has 0 aromatic heterocycles. The number of allylic oxidation sites excluding steroid dienone is 1. The Morgan fingerprint density at radius 2 is 2.00 bits per heavy atom. The van der Waals surface area contributed by atoms with E-state index >= 15 is 0 Å². The summed E-state index contributed by atoms with van der Waals surface area (Å²) in [6.07, 6.45) is 3.05. The van der Waals surface area contributed by atoms with Crippen LogP contribution in [0.2, 0.25) is 10.0 Å². The van der Waals surface area contributed by atoms with Gasteiger partial charge in [-0.1, -0.05) is 23.2 Å². The van der Waals surface area contributed by atoms with Gasteiger partial charge in [0, 0.05) is 32.4 Å². The van der Waals surface area contributed by atoms with Gasteiger partial charge >= 0.3 is 0 Å². The zero-order valence-electron chi connectivity index (χ0n) is 10.6. The lowest BCUT2D eigenvalue weighted by molar-refractivity contribution is 0.103. The summed E-state index contributed by atoms with van der Waals surface area (Å²) in [6.45, 7) is 0.800. The van der Waals surface area contributed by atoms with E-state index in [0.717, 1.165) is 0 Å². The minimum Gasteiger partial charge on any atom is -0.486 e. The van der Waals surface area contributed by atoms with Crippen molar-refractivity contribution >= 4 is 29.0 Å². The van der Waals surface area contributed by atoms with E-state index in [9.17, 15) is 4.79 Å². The van der Waals surface area contributed by atoms with Crippen molar-refractivity contribution < 1.29 is 14.3 Å². The second kappa shape index (κ2) is 5.72. The molecule has 1 aliphatic heterocycles. The van der Waals surface area contributed by atoms with E-state index < -0.39 is 0 Å². The number of hydrogen-bond donors (Lipinski definition) is 0. The summed E-state index contributed by atoms with van der Waals surface area (Å²) < 4.78 is 10.9. The number of carbonyl (C=O) groups is 1. The Labute approximate surface area is 121 Å². The maximum Gasteiger partial charge on any atom is 0.192 e. The highest BCUT2D eigenvalue weighted by molar-refractivity contribution is 6.44. The summed E-state index contributed by atoms with van der Waals surface area (Å²) in [4.78, 5) is 14.0. The lowest BCUT2D eigenvalue weighted by Crippen LogP contribution is -2.18. The molecule has 2 rings (SSSR count). The molecule has 4 nitrogen and oxygen atoms in total. The Kier molecular flexibility index (Phi) is 4.22. The molecule has 0 saturated carbocycles. The lowest BCUT2D eigenvalue weighted by Gasteiger charge is -2.21. The van der Waals surface area contributed by atoms with E-state index in [1.165, 1.54) is 6.08 Å². The molecule has 0 spiro atoms. The van der Waals surface area contributed by atoms with Crippen LogP contribution in [0.15, 0.2) is 18.3 Å². The molecule has 0 unspecified atom stereocenters. The highest BCUT2D eigenvalue weighted by atomic mass is 35.5. The van der Waals surface area contributed by atoms with Gasteiger partial charge in [0.25, 0.3) is 0 Å². The molecule has 0 aliphatic carbocycles. The molecule has 1 aromatic carbocycles. The quantitative estimate of drug-likeness (QED) is 0.635. The molecule has 102 valence electrons. The van der Waals surface area contributed by atoms with E-state index in [1.807, 2.05) is 14.1 Å². The first kappa shape index (κ1) is 14.0. The molecule has 0 fully saturated rings. The standard InChI is InChI=1S/C13H13Cl2NO3/c1-16(2)4-3-9(17)11-12(15)8(14)7-10-13(11)19-6-5-18-10/h3-4,7H,5-6H2,1-2H3/b4-3+. The van der Waals surface area contributed by atoms with Crippen LogP contribution in [-0.2, 0) is 0 Å². The predicted molar refractivity (Wildman–Crippen MR) is 74.6 cm³/mol. The molecule has 0 radical (unpaired) electrons. The third-order valence-corrected chi connectivity index (χ3v) is 3.28. The number of benzene rings is 1. The predicted octanol–water partition coefficient (Wildman–Crippen LogP) is 3.02. The first-order chi connectivity index (χ1) is 9.00. The van der Waals surface area contributed by atoms with Crippen molar-refractivity contribution in [1.29, 1.82) is 0 Å². The van der Waals surface area contributed by atoms with E-state index in [-0.39, 0.29) is 21.4 Å². The van der Waals surface area contributed by atoms with Crippen molar-refractivity contribution in [2.75, 3.05) is 27.3 Å². The van der Waals surface area contributed by atoms with Gasteiger partial charge in [-0.2, -0.15) is 0 Å². The smallest absolute Gasteiger partial charge is 0.192 e. The van der Waals surface area contributed by atoms with Gasteiger partial charge in [-0.3, -0.25) is 4.79 Å². The SMILES string of the molecule is CN(C)/C=C/C(=O)c1c(Cl)c(Cl)cc2c1OCCO2. The molecule has 1 aromatic rings. The molecule has 0 saturated heterocycles. The Balaban J connectivity index is 2.49. The van der Waals surface area contributed by atoms with E-state index in [4.69, 9.17) is 32.7 Å². The van der Waals surface area contributed by atoms with Gasteiger partial charge in [0.15, 0.2) is 17.3 Å². The van der Waals surface area contributed by atoms with Crippen LogP contribution in [0.4, 0.5) is 0 Å². The van der Waals surface area contributed by atoms with Crippen molar-refractivity contribution in [3.63, 3.8) is 0 Å². The summed E-state index contributed by atoms with van der Waals surface area (Å²) >= 11 is 12.1. The zero-order chi connectivity index (χ0) is 14.0. The summed E-state index contributed by atoms with van der Waals surface area (Å²) in [6, 6.07) is 1.56. The summed E-state index contributed by atoms with van der Waals surface area (Å²) in [5.74, 6) is 0.527. The minimum absolute atomic E-state index is 0.180. The second-order valence-electron chi connectivity index (χ2n) is 4.22. The minimum atomic E-state index is -0.275. The maximum absolute atomic E-state index is 12.2. The molecule has 0 bridgehead atoms. The fourth-order valence-electron chi connectivity index (χ4n) is 1.65. The van der Waals surface area contributed by atoms with Crippen LogP contribution in [0.1, 0.15) is 10.4 Å². The number of nitrogens with zero attached hydrogens (tertiary/aromatic N) is 1. The molecule has 1 aliphatic rings. The molecular formula is C13H13Cl2NO3. The van der Waals surface area contributed by atoms with Crippen molar-refractivity contribution in [2.24, 2.45) is 0 Å². The summed E-state index contributed by atoms with van der Waals surface area (Å²) in [5, 5.41) is 0.451. The van der Waals surface area contributed by atoms with Crippen LogP contribution in [0.25, 0.3) is 0 Å². The first-order valence-electron chi connectivity index (χ1n) is 5.67. The summed E-state index contributed by atoms with van der Waals surface area (Å²) in [5.41, 5.74) is 0.238. The Hall–Kier alpha value is -1.39. The zero-order valence-corrected chi connectivity index (χ0v) is 12.1. The monoisotopic (exact) mass is 301 g/mol. The average molecular weight is 302 g/mol. The molecule has 1 heterocycles. The molecule has 0 atom stereocenters. The van der Waals surface area contributed by atoms with Gasteiger partial charge in [-0.15, -0.1) is 0 Å². The van der Waals surface area contributed by atoms with Crippen LogP contribution in [0.3, 0.4) is 0 Å². The number of halogens is 2. The largest absolute Gasteiger partial charge is 0.486 e. The number of carbonyl (C=O) groups excluding carboxylic acids is 1. The number of fused-ring (bicyclic) bond motifs is 1. The Morgan fingerprint density at radius 3 is 2.68 bits per heavy atom. The van der Waals surface area contributed by atoms with Gasteiger partial charge in [0.2, 0.25) is 0 Å². The van der Waals surface area contributed by atoms with Gasteiger partial charge in [0.1, 0.15) is 13.2 Å². The van der Waals surface area contributed by atoms with Crippen molar-refractivity contribution in [3.8, 4) is 11.5 Å². The van der Waals surface area contributed by atoms with Crippen molar-refractivity contribution in [2.45, 2.75) is 0 Å². The van der Waals surface area contributed by atoms with Crippen LogP contribution < -0.4 is 9.47 Å². The number of ether oxygens (including phenoxy) is 2. The molecule has 0 amide bonds. The summed E-state index contributed by atoms with van der Waals surface area (Å²) in [7, 11) is 3.64. The molecule has 6 heteroatoms. The van der Waals surface area contributed by atoms with Gasteiger partial charge in [-0.25, -0.2) is 0 Å². The topological polar surface area (TPSA) is 38.8 Å². The highest BCUT2D eigenvalue weighted by Gasteiger charge is 2.25. The fraction of sp³-hybridized carbons (Fsp3) is 0.308. The fourth-order valence-corrected chi connectivity index (χ4v) is 2.08. The van der Waals surface area contributed by atoms with E-state index in [2.05, 4.69) is 0 Å². The van der Waals surface area contributed by atoms with Crippen molar-refractivity contribution in [3.05, 3.63) is 34.0 Å². The third kappa shape index (κ3) is 2.96. The highest BCUT2D eigenvalue weighted by Crippen LogP contribution is 2.42. The number of ketones is 1. The van der Waals surface area contributed by atoms with Crippen molar-refractivity contribution in [1.82, 2.24) is 4.90 Å². The van der Waals surface area contributed by atoms with Gasteiger partial charge in [-0.05, 0) is 0 Å². The van der Waals surface area contributed by atoms with Crippen LogP contribution in [0, 0.1) is 0 Å². The number of rotatable bonds is 3. The molecule has 19 heavy (non-hydrogen) atoms. The molecular weight excluding hydrogens is 289 g/mol.